The highest BCUT2D eigenvalue weighted by atomic mass is 127. The van der Waals surface area contributed by atoms with Crippen LogP contribution in [0.3, 0.4) is 0 Å². The Morgan fingerprint density at radius 1 is 0.265 bits per heavy atom. The van der Waals surface area contributed by atoms with E-state index >= 15 is 9.13 Å². The first-order chi connectivity index (χ1) is 49.3. The molecular formula is C84H49F6I3O6P3+. The van der Waals surface area contributed by atoms with E-state index in [-0.39, 0.29) is 54.5 Å². The molecule has 3 heterocycles. The Kier molecular flexibility index (Phi) is 19.2. The average Bonchev–Trinajstić information content (AvgIpc) is 0.730. The van der Waals surface area contributed by atoms with Crippen molar-refractivity contribution in [2.45, 2.75) is 0 Å². The number of ether oxygens (including phenoxy) is 2. The molecule has 0 amide bonds. The molecule has 0 bridgehead atoms. The molecule has 17 rings (SSSR count). The van der Waals surface area contributed by atoms with Gasteiger partial charge in [0.15, 0.2) is 25.4 Å². The van der Waals surface area contributed by atoms with Crippen LogP contribution in [0.1, 0.15) is 0 Å². The van der Waals surface area contributed by atoms with Crippen molar-refractivity contribution in [2.24, 2.45) is 0 Å². The summed E-state index contributed by atoms with van der Waals surface area (Å²) in [6.07, 6.45) is 0. The predicted molar refractivity (Wildman–Crippen MR) is 424 cm³/mol. The van der Waals surface area contributed by atoms with Crippen molar-refractivity contribution in [3.8, 4) is 89.8 Å². The fourth-order valence-electron chi connectivity index (χ4n) is 12.6. The minimum Gasteiger partial charge on any atom is -0.456 e. The minimum atomic E-state index is -3.77. The number of hydrogen-bond acceptors (Lipinski definition) is 6. The van der Waals surface area contributed by atoms with E-state index in [0.717, 1.165) is 45.5 Å². The molecular weight excluding hydrogens is 1690 g/mol. The van der Waals surface area contributed by atoms with Crippen LogP contribution in [-0.4, -0.2) is 0 Å². The molecule has 0 spiro atoms. The van der Waals surface area contributed by atoms with Gasteiger partial charge in [-0.2, -0.15) is 0 Å². The number of benzene rings is 14. The second-order valence-corrected chi connectivity index (χ2v) is 34.8. The molecule has 18 heteroatoms. The molecule has 1 aromatic heterocycles. The molecule has 6 nitrogen and oxygen atoms in total. The molecule has 2 aliphatic rings. The highest BCUT2D eigenvalue weighted by Crippen LogP contribution is 2.54. The normalized spacial score (nSPS) is 12.8. The number of fused-ring (bicyclic) bond motifs is 6. The van der Waals surface area contributed by atoms with Crippen LogP contribution in [0.4, 0.5) is 26.3 Å². The first-order valence-corrected chi connectivity index (χ1v) is 39.6. The van der Waals surface area contributed by atoms with Crippen molar-refractivity contribution < 1.29 is 53.9 Å². The molecule has 0 unspecified atom stereocenters. The zero-order valence-corrected chi connectivity index (χ0v) is 62.1. The molecule has 0 saturated heterocycles. The highest BCUT2D eigenvalue weighted by Gasteiger charge is 2.42. The maximum atomic E-state index is 15.2. The lowest BCUT2D eigenvalue weighted by Gasteiger charge is -2.29. The van der Waals surface area contributed by atoms with Crippen molar-refractivity contribution in [3.63, 3.8) is 0 Å². The van der Waals surface area contributed by atoms with Crippen LogP contribution in [0, 0.1) is 45.6 Å². The molecule has 14 aromatic carbocycles. The number of rotatable bonds is 8. The molecule has 0 radical (unpaired) electrons. The summed E-state index contributed by atoms with van der Waals surface area (Å²) >= 11 is 7.06. The lowest BCUT2D eigenvalue weighted by atomic mass is 9.93. The summed E-state index contributed by atoms with van der Waals surface area (Å²) in [5.74, 6) is -2.36. The summed E-state index contributed by atoms with van der Waals surface area (Å²) in [6.45, 7) is 0. The zero-order valence-electron chi connectivity index (χ0n) is 53.0. The zero-order chi connectivity index (χ0) is 70.6. The van der Waals surface area contributed by atoms with Crippen LogP contribution >= 0.6 is 89.5 Å². The van der Waals surface area contributed by atoms with Gasteiger partial charge in [0.05, 0.1) is 21.2 Å². The fourth-order valence-corrected chi connectivity index (χ4v) is 20.8. The van der Waals surface area contributed by atoms with Crippen LogP contribution in [-0.2, 0) is 13.7 Å². The Morgan fingerprint density at radius 2 is 0.510 bits per heavy atom. The van der Waals surface area contributed by atoms with E-state index in [2.05, 4.69) is 159 Å². The maximum absolute atomic E-state index is 15.2. The summed E-state index contributed by atoms with van der Waals surface area (Å²) in [7, 11) is -9.55. The summed E-state index contributed by atoms with van der Waals surface area (Å²) in [4.78, 5) is 0. The quantitative estimate of drug-likeness (QED) is 0.0652. The van der Waals surface area contributed by atoms with Crippen molar-refractivity contribution in [1.82, 2.24) is 0 Å². The smallest absolute Gasteiger partial charge is 0.423 e. The Labute approximate surface area is 623 Å². The Balaban J connectivity index is 0.000000156. The van der Waals surface area contributed by atoms with E-state index in [4.69, 9.17) is 13.9 Å². The van der Waals surface area contributed by atoms with E-state index in [1.54, 1.807) is 24.3 Å². The average molecular weight is 1740 g/mol. The maximum Gasteiger partial charge on any atom is 0.423 e. The van der Waals surface area contributed by atoms with Gasteiger partial charge < -0.3 is 23.0 Å². The Morgan fingerprint density at radius 3 is 0.794 bits per heavy atom. The minimum absolute atomic E-state index is 0.153. The highest BCUT2D eigenvalue weighted by molar-refractivity contribution is 14.1. The molecule has 0 atom stereocenters. The summed E-state index contributed by atoms with van der Waals surface area (Å²) in [5, 5.41) is 1.91. The van der Waals surface area contributed by atoms with E-state index in [9.17, 15) is 30.9 Å². The van der Waals surface area contributed by atoms with Gasteiger partial charge in [-0.1, -0.05) is 120 Å². The van der Waals surface area contributed by atoms with Gasteiger partial charge in [-0.3, -0.25) is 0 Å². The lowest BCUT2D eigenvalue weighted by molar-refractivity contribution is 0.481. The Bertz CT molecular complexity index is 5460. The molecule has 102 heavy (non-hydrogen) atoms. The number of hydrogen-bond donors (Lipinski definition) is 0. The van der Waals surface area contributed by atoms with Crippen LogP contribution in [0.5, 0.6) is 23.0 Å². The molecule has 498 valence electrons. The predicted octanol–water partition coefficient (Wildman–Crippen LogP) is 23.8. The molecule has 0 aliphatic carbocycles. The number of halogens is 9. The van der Waals surface area contributed by atoms with Crippen LogP contribution in [0.15, 0.2) is 302 Å². The van der Waals surface area contributed by atoms with Gasteiger partial charge in [0.25, 0.3) is 0 Å². The standard InChI is InChI=1S/C48H28F4O4P2.C24H15I3.C12H6F2O2P/c49-35-10-18-41-45(25-35)57(53,46-26-36(50)11-19-42(46)55-41)39-14-6-30(7-15-39)33-22-32(29-4-2-1-3-5-29)23-34(24-33)31-8-16-40(17-9-31)58(54)47-27-37(51)12-20-43(47)56-44-21-13-38(52)28-48(44)58;25-22-7-1-16(2-8-22)19-13-20(17-3-9-23(26)10-4-17)15-21(14-19)18-5-11-24(27)12-6-18;13-7-1-3-9-11(5-7)17(15)12-6-8(14)2-4-10(12)16-9/h1-28H;1-15H;1-6H/q;;+1. The topological polar surface area (TPSA) is 82.8 Å². The van der Waals surface area contributed by atoms with Gasteiger partial charge in [0.1, 0.15) is 57.9 Å². The molecule has 0 N–H and O–H groups in total. The van der Waals surface area contributed by atoms with E-state index < -0.39 is 56.6 Å². The molecule has 2 aliphatic heterocycles. The van der Waals surface area contributed by atoms with Crippen LogP contribution in [0.25, 0.3) is 88.2 Å². The Hall–Kier alpha value is -9.19. The van der Waals surface area contributed by atoms with Crippen molar-refractivity contribution in [2.75, 3.05) is 0 Å². The third kappa shape index (κ3) is 13.7. The molecule has 15 aromatic rings. The van der Waals surface area contributed by atoms with E-state index in [0.29, 0.717) is 21.8 Å². The van der Waals surface area contributed by atoms with Crippen molar-refractivity contribution in [1.29, 1.82) is 0 Å². The lowest BCUT2D eigenvalue weighted by Crippen LogP contribution is -2.31. The van der Waals surface area contributed by atoms with Gasteiger partial charge in [0.2, 0.25) is 10.2 Å². The second kappa shape index (κ2) is 28.6. The molecule has 0 saturated carbocycles. The van der Waals surface area contributed by atoms with E-state index in [1.807, 2.05) is 72.8 Å². The van der Waals surface area contributed by atoms with Gasteiger partial charge >= 0.3 is 7.41 Å². The monoisotopic (exact) mass is 1740 g/mol. The van der Waals surface area contributed by atoms with Gasteiger partial charge in [-0.25, -0.2) is 26.3 Å². The van der Waals surface area contributed by atoms with Gasteiger partial charge in [-0.15, -0.1) is 0 Å². The molecule has 0 fully saturated rings. The van der Waals surface area contributed by atoms with Gasteiger partial charge in [-0.05, 0) is 304 Å². The first-order valence-electron chi connectivity index (χ1n) is 31.7. The SMILES string of the molecule is Ic1ccc(-c2cc(-c3ccc(I)cc3)cc(-c3ccc(I)cc3)c2)cc1.O=P1(c2ccc(-c3cc(-c4ccccc4)cc(-c4ccc(P5(=O)c6cc(F)ccc6Oc6ccc(F)cc65)cc4)c3)cc2)c2cc(F)ccc2Oc2ccc(F)cc21.O=[p+]1c2cc(F)ccc2oc2ccc(F)cc21. The largest absolute Gasteiger partial charge is 0.456 e. The van der Waals surface area contributed by atoms with Crippen LogP contribution in [0.2, 0.25) is 0 Å². The van der Waals surface area contributed by atoms with E-state index in [1.165, 1.54) is 141 Å². The second-order valence-electron chi connectivity index (χ2n) is 24.1. The van der Waals surface area contributed by atoms with Crippen molar-refractivity contribution >= 4 is 143 Å². The van der Waals surface area contributed by atoms with Crippen LogP contribution < -0.4 is 41.3 Å². The third-order valence-electron chi connectivity index (χ3n) is 17.6. The summed E-state index contributed by atoms with van der Waals surface area (Å²) in [6, 6.07) is 86.3. The first kappa shape index (κ1) is 68.6. The summed E-state index contributed by atoms with van der Waals surface area (Å²) in [5.41, 5.74) is 13.3. The van der Waals surface area contributed by atoms with Crippen molar-refractivity contribution in [3.05, 3.63) is 343 Å². The summed E-state index contributed by atoms with van der Waals surface area (Å²) < 4.78 is 148. The fraction of sp³-hybridized carbons (Fsp3) is 0. The van der Waals surface area contributed by atoms with Gasteiger partial charge in [0, 0.05) is 33.5 Å². The third-order valence-corrected chi connectivity index (χ3v) is 27.5.